The summed E-state index contributed by atoms with van der Waals surface area (Å²) in [6, 6.07) is 4.34. The van der Waals surface area contributed by atoms with Crippen molar-refractivity contribution in [2.24, 2.45) is 0 Å². The summed E-state index contributed by atoms with van der Waals surface area (Å²) in [5.41, 5.74) is 0.800. The fraction of sp³-hybridized carbons (Fsp3) is 0.125. The molecule has 0 saturated carbocycles. The van der Waals surface area contributed by atoms with Crippen molar-refractivity contribution in [1.82, 2.24) is 0 Å². The smallest absolute Gasteiger partial charge is 0.224 e. The predicted octanol–water partition coefficient (Wildman–Crippen LogP) is 2.42. The van der Waals surface area contributed by atoms with E-state index in [0.717, 1.165) is 5.69 Å². The van der Waals surface area contributed by atoms with Gasteiger partial charge in [0, 0.05) is 12.7 Å². The molecule has 0 aliphatic carbocycles. The molecule has 0 bridgehead atoms. The van der Waals surface area contributed by atoms with Crippen LogP contribution in [0.5, 0.6) is 0 Å². The maximum Gasteiger partial charge on any atom is 0.224 e. The minimum absolute atomic E-state index is 0.0526. The average molecular weight is 150 g/mol. The highest BCUT2D eigenvalue weighted by molar-refractivity contribution is 5.57. The van der Waals surface area contributed by atoms with Crippen molar-refractivity contribution in [2.45, 2.75) is 0 Å². The number of hydrogen-bond donors (Lipinski definition) is 1. The molecule has 0 fully saturated rings. The van der Waals surface area contributed by atoms with Gasteiger partial charge in [0.15, 0.2) is 0 Å². The standard InChI is InChI=1S/C8H7FN2/c1-10-6-3-4-7(9)8(5-6)11-2/h3-5,10H,1H3. The molecule has 0 amide bonds. The lowest BCUT2D eigenvalue weighted by atomic mass is 10.3. The normalized spacial score (nSPS) is 8.82. The molecule has 0 radical (unpaired) electrons. The van der Waals surface area contributed by atoms with Crippen molar-refractivity contribution >= 4 is 11.4 Å². The number of halogens is 1. The first kappa shape index (κ1) is 7.55. The Morgan fingerprint density at radius 1 is 1.55 bits per heavy atom. The van der Waals surface area contributed by atoms with Crippen LogP contribution in [0.1, 0.15) is 0 Å². The topological polar surface area (TPSA) is 16.4 Å². The van der Waals surface area contributed by atoms with Gasteiger partial charge in [-0.05, 0) is 18.2 Å². The van der Waals surface area contributed by atoms with E-state index < -0.39 is 5.82 Å². The number of nitrogens with one attached hydrogen (secondary N) is 1. The molecule has 0 saturated heterocycles. The summed E-state index contributed by atoms with van der Waals surface area (Å²) in [4.78, 5) is 3.01. The molecule has 1 aromatic rings. The molecule has 0 spiro atoms. The van der Waals surface area contributed by atoms with Crippen LogP contribution in [-0.4, -0.2) is 7.05 Å². The first-order chi connectivity index (χ1) is 5.27. The quantitative estimate of drug-likeness (QED) is 0.608. The van der Waals surface area contributed by atoms with Crippen LogP contribution >= 0.6 is 0 Å². The highest BCUT2D eigenvalue weighted by Crippen LogP contribution is 2.21. The molecule has 0 aromatic heterocycles. The van der Waals surface area contributed by atoms with Crippen molar-refractivity contribution in [3.63, 3.8) is 0 Å². The highest BCUT2D eigenvalue weighted by Gasteiger charge is 2.00. The zero-order chi connectivity index (χ0) is 8.27. The Hall–Kier alpha value is -1.56. The van der Waals surface area contributed by atoms with E-state index in [2.05, 4.69) is 10.2 Å². The highest BCUT2D eigenvalue weighted by atomic mass is 19.1. The Bertz CT molecular complexity index is 301. The largest absolute Gasteiger partial charge is 0.389 e. The zero-order valence-corrected chi connectivity index (χ0v) is 6.06. The summed E-state index contributed by atoms with van der Waals surface area (Å²) >= 11 is 0. The van der Waals surface area contributed by atoms with Gasteiger partial charge in [-0.25, -0.2) is 9.24 Å². The summed E-state index contributed by atoms with van der Waals surface area (Å²) in [5.74, 6) is -0.473. The Kier molecular flexibility index (Phi) is 2.07. The van der Waals surface area contributed by atoms with Gasteiger partial charge in [-0.2, -0.15) is 0 Å². The molecule has 1 rings (SSSR count). The van der Waals surface area contributed by atoms with Crippen LogP contribution in [-0.2, 0) is 0 Å². The average Bonchev–Trinajstić information content (AvgIpc) is 2.05. The van der Waals surface area contributed by atoms with Crippen LogP contribution in [0.2, 0.25) is 0 Å². The second kappa shape index (κ2) is 3.02. The Balaban J connectivity index is 3.15. The van der Waals surface area contributed by atoms with Crippen molar-refractivity contribution in [3.8, 4) is 0 Å². The van der Waals surface area contributed by atoms with Crippen LogP contribution in [0.4, 0.5) is 15.8 Å². The van der Waals surface area contributed by atoms with E-state index in [1.807, 2.05) is 0 Å². The molecule has 0 unspecified atom stereocenters. The fourth-order valence-corrected chi connectivity index (χ4v) is 0.754. The van der Waals surface area contributed by atoms with Gasteiger partial charge in [0.1, 0.15) is 5.82 Å². The maximum absolute atomic E-state index is 12.7. The summed E-state index contributed by atoms with van der Waals surface area (Å²) in [6.07, 6.45) is 0. The van der Waals surface area contributed by atoms with Crippen LogP contribution in [0.3, 0.4) is 0 Å². The van der Waals surface area contributed by atoms with E-state index in [1.54, 1.807) is 13.1 Å². The lowest BCUT2D eigenvalue weighted by molar-refractivity contribution is 0.634. The van der Waals surface area contributed by atoms with E-state index in [1.165, 1.54) is 12.1 Å². The molecular formula is C8H7FN2. The maximum atomic E-state index is 12.7. The van der Waals surface area contributed by atoms with E-state index in [0.29, 0.717) is 0 Å². The van der Waals surface area contributed by atoms with Crippen molar-refractivity contribution in [2.75, 3.05) is 12.4 Å². The van der Waals surface area contributed by atoms with Gasteiger partial charge >= 0.3 is 0 Å². The Morgan fingerprint density at radius 2 is 2.27 bits per heavy atom. The Morgan fingerprint density at radius 3 is 2.82 bits per heavy atom. The molecule has 1 aromatic carbocycles. The van der Waals surface area contributed by atoms with E-state index in [-0.39, 0.29) is 5.69 Å². The van der Waals surface area contributed by atoms with Crippen molar-refractivity contribution in [3.05, 3.63) is 35.4 Å². The molecule has 56 valence electrons. The zero-order valence-electron chi connectivity index (χ0n) is 6.06. The molecule has 11 heavy (non-hydrogen) atoms. The van der Waals surface area contributed by atoms with E-state index in [4.69, 9.17) is 6.57 Å². The fourth-order valence-electron chi connectivity index (χ4n) is 0.754. The number of anilines is 1. The van der Waals surface area contributed by atoms with Gasteiger partial charge < -0.3 is 5.32 Å². The minimum atomic E-state index is -0.473. The molecule has 0 atom stereocenters. The van der Waals surface area contributed by atoms with Crippen LogP contribution < -0.4 is 5.32 Å². The SMILES string of the molecule is [C-]#[N+]c1cc(NC)ccc1F. The third-order valence-electron chi connectivity index (χ3n) is 1.36. The van der Waals surface area contributed by atoms with Crippen molar-refractivity contribution < 1.29 is 4.39 Å². The van der Waals surface area contributed by atoms with Gasteiger partial charge in [-0.15, -0.1) is 0 Å². The van der Waals surface area contributed by atoms with Gasteiger partial charge in [0.05, 0.1) is 6.57 Å². The molecule has 0 aliphatic heterocycles. The van der Waals surface area contributed by atoms with Crippen molar-refractivity contribution in [1.29, 1.82) is 0 Å². The van der Waals surface area contributed by atoms with Crippen LogP contribution in [0.15, 0.2) is 18.2 Å². The summed E-state index contributed by atoms with van der Waals surface area (Å²) in [7, 11) is 1.72. The number of nitrogens with zero attached hydrogens (tertiary/aromatic N) is 1. The first-order valence-electron chi connectivity index (χ1n) is 3.12. The van der Waals surface area contributed by atoms with Crippen LogP contribution in [0, 0.1) is 12.4 Å². The van der Waals surface area contributed by atoms with Gasteiger partial charge in [0.25, 0.3) is 0 Å². The summed E-state index contributed by atoms with van der Waals surface area (Å²) in [5, 5.41) is 2.82. The minimum Gasteiger partial charge on any atom is -0.389 e. The Labute approximate surface area is 64.5 Å². The third kappa shape index (κ3) is 1.47. The molecule has 0 aliphatic rings. The lowest BCUT2D eigenvalue weighted by Gasteiger charge is -1.99. The van der Waals surface area contributed by atoms with E-state index >= 15 is 0 Å². The molecule has 2 nitrogen and oxygen atoms in total. The van der Waals surface area contributed by atoms with Gasteiger partial charge in [-0.3, -0.25) is 0 Å². The first-order valence-corrected chi connectivity index (χ1v) is 3.12. The summed E-state index contributed by atoms with van der Waals surface area (Å²) < 4.78 is 12.7. The number of hydrogen-bond acceptors (Lipinski definition) is 1. The second-order valence-corrected chi connectivity index (χ2v) is 2.03. The van der Waals surface area contributed by atoms with Crippen LogP contribution in [0.25, 0.3) is 4.85 Å². The summed E-state index contributed by atoms with van der Waals surface area (Å²) in [6.45, 7) is 6.61. The number of rotatable bonds is 1. The lowest BCUT2D eigenvalue weighted by Crippen LogP contribution is -1.87. The van der Waals surface area contributed by atoms with Gasteiger partial charge in [-0.1, -0.05) is 0 Å². The molecule has 3 heteroatoms. The predicted molar refractivity (Wildman–Crippen MR) is 42.2 cm³/mol. The third-order valence-corrected chi connectivity index (χ3v) is 1.36. The van der Waals surface area contributed by atoms with Gasteiger partial charge in [0.2, 0.25) is 5.69 Å². The molecule has 0 heterocycles. The molecular weight excluding hydrogens is 143 g/mol. The molecule has 1 N–H and O–H groups in total. The van der Waals surface area contributed by atoms with E-state index in [9.17, 15) is 4.39 Å². The second-order valence-electron chi connectivity index (χ2n) is 2.03. The monoisotopic (exact) mass is 150 g/mol. The number of benzene rings is 1.